The number of halogens is 1. The monoisotopic (exact) mass is 347 g/mol. The van der Waals surface area contributed by atoms with Crippen molar-refractivity contribution in [3.8, 4) is 0 Å². The van der Waals surface area contributed by atoms with Gasteiger partial charge in [0.25, 0.3) is 0 Å². The lowest BCUT2D eigenvalue weighted by Crippen LogP contribution is -2.44. The first-order chi connectivity index (χ1) is 11.5. The molecule has 24 heavy (non-hydrogen) atoms. The van der Waals surface area contributed by atoms with Gasteiger partial charge in [-0.05, 0) is 23.3 Å². The molecule has 0 fully saturated rings. The van der Waals surface area contributed by atoms with Crippen LogP contribution in [0.1, 0.15) is 11.1 Å². The molecule has 1 N–H and O–H groups in total. The standard InChI is InChI=1S/C18H18ClNO4/c1-20(18(23)24-12-14-5-3-2-4-6-14)16(17(21)22)11-13-7-9-15(19)10-8-13/h2-10,16H,11-12H2,1H3,(H,21,22)/t16-/m0/s1. The van der Waals surface area contributed by atoms with Crippen LogP contribution in [-0.2, 0) is 22.6 Å². The highest BCUT2D eigenvalue weighted by Crippen LogP contribution is 2.14. The molecule has 0 aliphatic carbocycles. The smallest absolute Gasteiger partial charge is 0.410 e. The van der Waals surface area contributed by atoms with E-state index in [1.807, 2.05) is 30.3 Å². The molecule has 5 nitrogen and oxygen atoms in total. The van der Waals surface area contributed by atoms with Crippen LogP contribution in [0.3, 0.4) is 0 Å². The lowest BCUT2D eigenvalue weighted by Gasteiger charge is -2.24. The molecule has 6 heteroatoms. The topological polar surface area (TPSA) is 66.8 Å². The fraction of sp³-hybridized carbons (Fsp3) is 0.222. The highest BCUT2D eigenvalue weighted by atomic mass is 35.5. The van der Waals surface area contributed by atoms with Crippen molar-refractivity contribution in [2.45, 2.75) is 19.1 Å². The molecule has 1 amide bonds. The van der Waals surface area contributed by atoms with E-state index >= 15 is 0 Å². The van der Waals surface area contributed by atoms with Crippen LogP contribution in [0.25, 0.3) is 0 Å². The van der Waals surface area contributed by atoms with Gasteiger partial charge in [0.15, 0.2) is 0 Å². The molecule has 0 saturated carbocycles. The van der Waals surface area contributed by atoms with E-state index in [1.165, 1.54) is 7.05 Å². The second kappa shape index (κ2) is 8.36. The molecule has 2 aromatic rings. The van der Waals surface area contributed by atoms with E-state index in [0.29, 0.717) is 5.02 Å². The largest absolute Gasteiger partial charge is 0.480 e. The molecular formula is C18H18ClNO4. The van der Waals surface area contributed by atoms with Gasteiger partial charge in [0.05, 0.1) is 0 Å². The van der Waals surface area contributed by atoms with Crippen molar-refractivity contribution in [2.75, 3.05) is 7.05 Å². The SMILES string of the molecule is CN(C(=O)OCc1ccccc1)[C@@H](Cc1ccc(Cl)cc1)C(=O)O. The highest BCUT2D eigenvalue weighted by Gasteiger charge is 2.27. The van der Waals surface area contributed by atoms with Crippen LogP contribution in [0.5, 0.6) is 0 Å². The molecule has 1 atom stereocenters. The number of likely N-dealkylation sites (N-methyl/N-ethyl adjacent to an activating group) is 1. The molecule has 126 valence electrons. The summed E-state index contributed by atoms with van der Waals surface area (Å²) in [6, 6.07) is 15.0. The number of benzene rings is 2. The summed E-state index contributed by atoms with van der Waals surface area (Å²) in [6.45, 7) is 0.0945. The number of carbonyl (C=O) groups excluding carboxylic acids is 1. The van der Waals surface area contributed by atoms with Gasteiger partial charge in [-0.15, -0.1) is 0 Å². The van der Waals surface area contributed by atoms with Gasteiger partial charge in [-0.2, -0.15) is 0 Å². The zero-order valence-corrected chi connectivity index (χ0v) is 13.9. The summed E-state index contributed by atoms with van der Waals surface area (Å²) in [5.74, 6) is -1.09. The van der Waals surface area contributed by atoms with Gasteiger partial charge >= 0.3 is 12.1 Å². The summed E-state index contributed by atoms with van der Waals surface area (Å²) in [5.41, 5.74) is 1.61. The molecule has 0 saturated heterocycles. The normalized spacial score (nSPS) is 11.6. The number of carboxylic acid groups (broad SMARTS) is 1. The number of carboxylic acids is 1. The molecule has 2 aromatic carbocycles. The van der Waals surface area contributed by atoms with E-state index in [2.05, 4.69) is 0 Å². The summed E-state index contributed by atoms with van der Waals surface area (Å²) >= 11 is 5.82. The molecule has 0 aliphatic heterocycles. The minimum absolute atomic E-state index is 0.0945. The maximum Gasteiger partial charge on any atom is 0.410 e. The maximum atomic E-state index is 12.1. The Bertz CT molecular complexity index is 688. The number of nitrogens with zero attached hydrogens (tertiary/aromatic N) is 1. The number of carbonyl (C=O) groups is 2. The number of aliphatic carboxylic acids is 1. The van der Waals surface area contributed by atoms with Gasteiger partial charge in [0, 0.05) is 18.5 Å². The van der Waals surface area contributed by atoms with Crippen LogP contribution in [0.2, 0.25) is 5.02 Å². The van der Waals surface area contributed by atoms with E-state index in [4.69, 9.17) is 16.3 Å². The van der Waals surface area contributed by atoms with Crippen LogP contribution in [0.15, 0.2) is 54.6 Å². The van der Waals surface area contributed by atoms with Crippen molar-refractivity contribution in [3.63, 3.8) is 0 Å². The van der Waals surface area contributed by atoms with Crippen LogP contribution >= 0.6 is 11.6 Å². The predicted octanol–water partition coefficient (Wildman–Crippen LogP) is 3.60. The van der Waals surface area contributed by atoms with Crippen molar-refractivity contribution in [1.29, 1.82) is 0 Å². The quantitative estimate of drug-likeness (QED) is 0.867. The lowest BCUT2D eigenvalue weighted by atomic mass is 10.1. The number of rotatable bonds is 6. The second-order valence-electron chi connectivity index (χ2n) is 5.34. The van der Waals surface area contributed by atoms with E-state index in [9.17, 15) is 14.7 Å². The Kier molecular flexibility index (Phi) is 6.21. The van der Waals surface area contributed by atoms with Crippen LogP contribution in [-0.4, -0.2) is 35.2 Å². The third-order valence-corrected chi connectivity index (χ3v) is 3.84. The van der Waals surface area contributed by atoms with E-state index in [1.54, 1.807) is 24.3 Å². The summed E-state index contributed by atoms with van der Waals surface area (Å²) in [4.78, 5) is 24.7. The molecule has 0 unspecified atom stereocenters. The van der Waals surface area contributed by atoms with E-state index in [-0.39, 0.29) is 13.0 Å². The summed E-state index contributed by atoms with van der Waals surface area (Å²) in [6.07, 6.45) is -0.510. The number of hydrogen-bond acceptors (Lipinski definition) is 3. The van der Waals surface area contributed by atoms with Crippen molar-refractivity contribution in [2.24, 2.45) is 0 Å². The third kappa shape index (κ3) is 4.99. The Labute approximate surface area is 145 Å². The second-order valence-corrected chi connectivity index (χ2v) is 5.77. The van der Waals surface area contributed by atoms with Gasteiger partial charge < -0.3 is 9.84 Å². The number of amides is 1. The molecule has 0 spiro atoms. The molecular weight excluding hydrogens is 330 g/mol. The van der Waals surface area contributed by atoms with Crippen molar-refractivity contribution < 1.29 is 19.4 Å². The van der Waals surface area contributed by atoms with Crippen LogP contribution < -0.4 is 0 Å². The molecule has 0 aromatic heterocycles. The molecule has 0 radical (unpaired) electrons. The molecule has 0 bridgehead atoms. The maximum absolute atomic E-state index is 12.1. The molecule has 2 rings (SSSR count). The fourth-order valence-electron chi connectivity index (χ4n) is 2.18. The zero-order chi connectivity index (χ0) is 17.5. The minimum atomic E-state index is -1.09. The average Bonchev–Trinajstić information content (AvgIpc) is 2.59. The fourth-order valence-corrected chi connectivity index (χ4v) is 2.31. The first-order valence-electron chi connectivity index (χ1n) is 7.38. The van der Waals surface area contributed by atoms with Gasteiger partial charge in [-0.25, -0.2) is 9.59 Å². The Morgan fingerprint density at radius 1 is 1.08 bits per heavy atom. The van der Waals surface area contributed by atoms with Crippen molar-refractivity contribution in [3.05, 3.63) is 70.7 Å². The predicted molar refractivity (Wildman–Crippen MR) is 91.0 cm³/mol. The summed E-state index contributed by atoms with van der Waals surface area (Å²) < 4.78 is 5.18. The van der Waals surface area contributed by atoms with Crippen molar-refractivity contribution >= 4 is 23.7 Å². The van der Waals surface area contributed by atoms with Gasteiger partial charge in [-0.3, -0.25) is 4.90 Å². The zero-order valence-electron chi connectivity index (χ0n) is 13.2. The summed E-state index contributed by atoms with van der Waals surface area (Å²) in [5, 5.41) is 9.99. The lowest BCUT2D eigenvalue weighted by molar-refractivity contribution is -0.142. The third-order valence-electron chi connectivity index (χ3n) is 3.59. The van der Waals surface area contributed by atoms with Gasteiger partial charge in [0.2, 0.25) is 0 Å². The number of hydrogen-bond donors (Lipinski definition) is 1. The Morgan fingerprint density at radius 2 is 1.71 bits per heavy atom. The average molecular weight is 348 g/mol. The van der Waals surface area contributed by atoms with Crippen LogP contribution in [0.4, 0.5) is 4.79 Å². The Hall–Kier alpha value is -2.53. The molecule has 0 heterocycles. The van der Waals surface area contributed by atoms with Crippen molar-refractivity contribution in [1.82, 2.24) is 4.90 Å². The first kappa shape index (κ1) is 17.8. The summed E-state index contributed by atoms with van der Waals surface area (Å²) in [7, 11) is 1.42. The number of ether oxygens (including phenoxy) is 1. The van der Waals surface area contributed by atoms with E-state index < -0.39 is 18.1 Å². The van der Waals surface area contributed by atoms with Crippen LogP contribution in [0, 0.1) is 0 Å². The highest BCUT2D eigenvalue weighted by molar-refractivity contribution is 6.30. The first-order valence-corrected chi connectivity index (χ1v) is 7.76. The minimum Gasteiger partial charge on any atom is -0.480 e. The van der Waals surface area contributed by atoms with Gasteiger partial charge in [-0.1, -0.05) is 54.1 Å². The van der Waals surface area contributed by atoms with Gasteiger partial charge in [0.1, 0.15) is 12.6 Å². The Morgan fingerprint density at radius 3 is 2.29 bits per heavy atom. The Balaban J connectivity index is 1.99. The van der Waals surface area contributed by atoms with E-state index in [0.717, 1.165) is 16.0 Å². The molecule has 0 aliphatic rings.